The number of aromatic nitrogens is 5. The van der Waals surface area contributed by atoms with Crippen LogP contribution < -0.4 is 0 Å². The molecule has 0 unspecified atom stereocenters. The molecule has 6 nitrogen and oxygen atoms in total. The summed E-state index contributed by atoms with van der Waals surface area (Å²) < 4.78 is 5.79. The lowest BCUT2D eigenvalue weighted by Crippen LogP contribution is -1.92. The van der Waals surface area contributed by atoms with Gasteiger partial charge < -0.3 is 4.42 Å². The van der Waals surface area contributed by atoms with Crippen LogP contribution in [0.15, 0.2) is 83.7 Å². The van der Waals surface area contributed by atoms with E-state index in [4.69, 9.17) is 4.42 Å². The van der Waals surface area contributed by atoms with Crippen LogP contribution in [0.5, 0.6) is 0 Å². The molecule has 6 heteroatoms. The van der Waals surface area contributed by atoms with Crippen LogP contribution >= 0.6 is 0 Å². The first kappa shape index (κ1) is 15.3. The van der Waals surface area contributed by atoms with Crippen LogP contribution in [0.2, 0.25) is 0 Å². The first-order valence-corrected chi connectivity index (χ1v) is 8.44. The summed E-state index contributed by atoms with van der Waals surface area (Å²) in [6.45, 7) is 0. The molecule has 0 bridgehead atoms. The molecule has 3 aromatic heterocycles. The van der Waals surface area contributed by atoms with Crippen molar-refractivity contribution in [1.29, 1.82) is 0 Å². The molecule has 0 aliphatic rings. The topological polar surface area (TPSA) is 77.6 Å². The SMILES string of the molecule is c1ccc(-c2nnc(-c3cncc(-c4cccc5cccnc45)n3)o2)cc1. The van der Waals surface area contributed by atoms with Crippen molar-refractivity contribution in [2.75, 3.05) is 0 Å². The van der Waals surface area contributed by atoms with Gasteiger partial charge in [0.2, 0.25) is 5.89 Å². The summed E-state index contributed by atoms with van der Waals surface area (Å²) in [5.74, 6) is 0.779. The van der Waals surface area contributed by atoms with Crippen LogP contribution in [-0.2, 0) is 0 Å². The van der Waals surface area contributed by atoms with Gasteiger partial charge in [-0.15, -0.1) is 10.2 Å². The van der Waals surface area contributed by atoms with E-state index in [1.807, 2.05) is 60.7 Å². The molecule has 0 saturated carbocycles. The highest BCUT2D eigenvalue weighted by molar-refractivity contribution is 5.92. The average molecular weight is 351 g/mol. The molecule has 0 N–H and O–H groups in total. The molecule has 0 radical (unpaired) electrons. The molecule has 0 amide bonds. The van der Waals surface area contributed by atoms with E-state index in [-0.39, 0.29) is 0 Å². The lowest BCUT2D eigenvalue weighted by Gasteiger charge is -2.05. The molecule has 0 saturated heterocycles. The Morgan fingerprint density at radius 2 is 1.52 bits per heavy atom. The van der Waals surface area contributed by atoms with Crippen molar-refractivity contribution in [3.8, 4) is 34.3 Å². The predicted molar refractivity (Wildman–Crippen MR) is 101 cm³/mol. The van der Waals surface area contributed by atoms with Gasteiger partial charge in [0.05, 0.1) is 23.6 Å². The van der Waals surface area contributed by atoms with Gasteiger partial charge in [0.15, 0.2) is 0 Å². The Balaban J connectivity index is 1.58. The minimum absolute atomic E-state index is 0.330. The zero-order valence-electron chi connectivity index (χ0n) is 14.1. The molecule has 27 heavy (non-hydrogen) atoms. The third-order valence-electron chi connectivity index (χ3n) is 4.21. The second-order valence-electron chi connectivity index (χ2n) is 5.95. The number of benzene rings is 2. The monoisotopic (exact) mass is 351 g/mol. The highest BCUT2D eigenvalue weighted by Crippen LogP contribution is 2.27. The van der Waals surface area contributed by atoms with Gasteiger partial charge in [-0.05, 0) is 18.2 Å². The van der Waals surface area contributed by atoms with Crippen molar-refractivity contribution in [2.45, 2.75) is 0 Å². The quantitative estimate of drug-likeness (QED) is 0.479. The van der Waals surface area contributed by atoms with Gasteiger partial charge in [-0.1, -0.05) is 42.5 Å². The highest BCUT2D eigenvalue weighted by atomic mass is 16.4. The van der Waals surface area contributed by atoms with Crippen molar-refractivity contribution in [3.63, 3.8) is 0 Å². The van der Waals surface area contributed by atoms with Gasteiger partial charge in [0.25, 0.3) is 5.89 Å². The van der Waals surface area contributed by atoms with Crippen molar-refractivity contribution in [2.24, 2.45) is 0 Å². The van der Waals surface area contributed by atoms with Gasteiger partial charge in [-0.2, -0.15) is 0 Å². The van der Waals surface area contributed by atoms with Gasteiger partial charge in [0, 0.05) is 22.7 Å². The van der Waals surface area contributed by atoms with E-state index in [0.717, 1.165) is 22.0 Å². The normalized spacial score (nSPS) is 11.0. The Bertz CT molecular complexity index is 1230. The van der Waals surface area contributed by atoms with Crippen molar-refractivity contribution < 1.29 is 4.42 Å². The number of rotatable bonds is 3. The molecule has 0 atom stereocenters. The molecule has 0 aliphatic carbocycles. The molecular weight excluding hydrogens is 338 g/mol. The number of hydrogen-bond donors (Lipinski definition) is 0. The van der Waals surface area contributed by atoms with E-state index >= 15 is 0 Å². The molecule has 2 aromatic carbocycles. The summed E-state index contributed by atoms with van der Waals surface area (Å²) >= 11 is 0. The Kier molecular flexibility index (Phi) is 3.65. The second-order valence-corrected chi connectivity index (χ2v) is 5.95. The van der Waals surface area contributed by atoms with Gasteiger partial charge >= 0.3 is 0 Å². The summed E-state index contributed by atoms with van der Waals surface area (Å²) in [5, 5.41) is 9.29. The largest absolute Gasteiger partial charge is 0.415 e. The van der Waals surface area contributed by atoms with Crippen LogP contribution in [-0.4, -0.2) is 25.1 Å². The number of pyridine rings is 1. The summed E-state index contributed by atoms with van der Waals surface area (Å²) in [4.78, 5) is 13.5. The Hall–Kier alpha value is -3.93. The van der Waals surface area contributed by atoms with Crippen molar-refractivity contribution >= 4 is 10.9 Å². The molecule has 5 aromatic rings. The fourth-order valence-corrected chi connectivity index (χ4v) is 2.93. The summed E-state index contributed by atoms with van der Waals surface area (Å²) in [5.41, 5.74) is 3.87. The first-order valence-electron chi connectivity index (χ1n) is 8.44. The van der Waals surface area contributed by atoms with E-state index in [1.165, 1.54) is 0 Å². The van der Waals surface area contributed by atoms with Crippen molar-refractivity contribution in [3.05, 3.63) is 79.3 Å². The minimum atomic E-state index is 0.330. The zero-order chi connectivity index (χ0) is 18.1. The maximum atomic E-state index is 5.79. The number of nitrogens with zero attached hydrogens (tertiary/aromatic N) is 5. The van der Waals surface area contributed by atoms with E-state index in [0.29, 0.717) is 23.2 Å². The molecule has 128 valence electrons. The molecule has 5 rings (SSSR count). The zero-order valence-corrected chi connectivity index (χ0v) is 14.1. The van der Waals surface area contributed by atoms with E-state index < -0.39 is 0 Å². The second kappa shape index (κ2) is 6.42. The lowest BCUT2D eigenvalue weighted by atomic mass is 10.1. The van der Waals surface area contributed by atoms with Crippen LogP contribution in [0, 0.1) is 0 Å². The van der Waals surface area contributed by atoms with Crippen LogP contribution in [0.4, 0.5) is 0 Å². The number of para-hydroxylation sites is 1. The van der Waals surface area contributed by atoms with Gasteiger partial charge in [-0.3, -0.25) is 9.97 Å². The molecule has 0 fully saturated rings. The van der Waals surface area contributed by atoms with Crippen LogP contribution in [0.1, 0.15) is 0 Å². The Labute approximate surface area is 154 Å². The third-order valence-corrected chi connectivity index (χ3v) is 4.21. The smallest absolute Gasteiger partial charge is 0.268 e. The Morgan fingerprint density at radius 1 is 0.704 bits per heavy atom. The fourth-order valence-electron chi connectivity index (χ4n) is 2.93. The highest BCUT2D eigenvalue weighted by Gasteiger charge is 2.14. The number of fused-ring (bicyclic) bond motifs is 1. The summed E-state index contributed by atoms with van der Waals surface area (Å²) in [6, 6.07) is 19.5. The summed E-state index contributed by atoms with van der Waals surface area (Å²) in [6.07, 6.45) is 5.10. The minimum Gasteiger partial charge on any atom is -0.415 e. The fraction of sp³-hybridized carbons (Fsp3) is 0. The average Bonchev–Trinajstić information content (AvgIpc) is 3.24. The molecule has 0 aliphatic heterocycles. The van der Waals surface area contributed by atoms with Gasteiger partial charge in [0.1, 0.15) is 5.69 Å². The van der Waals surface area contributed by atoms with Crippen molar-refractivity contribution in [1.82, 2.24) is 25.1 Å². The van der Waals surface area contributed by atoms with E-state index in [1.54, 1.807) is 18.6 Å². The third kappa shape index (κ3) is 2.83. The maximum absolute atomic E-state index is 5.79. The van der Waals surface area contributed by atoms with Crippen LogP contribution in [0.25, 0.3) is 45.2 Å². The maximum Gasteiger partial charge on any atom is 0.268 e. The number of hydrogen-bond acceptors (Lipinski definition) is 6. The Morgan fingerprint density at radius 3 is 2.44 bits per heavy atom. The molecule has 0 spiro atoms. The standard InChI is InChI=1S/C21H13N5O/c1-2-6-15(7-3-1)20-25-26-21(27-20)18-13-22-12-17(24-18)16-10-4-8-14-9-5-11-23-19(14)16/h1-13H. The first-order chi connectivity index (χ1) is 13.4. The van der Waals surface area contributed by atoms with Gasteiger partial charge in [-0.25, -0.2) is 4.98 Å². The van der Waals surface area contributed by atoms with Crippen LogP contribution in [0.3, 0.4) is 0 Å². The molecule has 3 heterocycles. The molecular formula is C21H13N5O. The lowest BCUT2D eigenvalue weighted by molar-refractivity contribution is 0.582. The predicted octanol–water partition coefficient (Wildman–Crippen LogP) is 4.41. The summed E-state index contributed by atoms with van der Waals surface area (Å²) in [7, 11) is 0. The van der Waals surface area contributed by atoms with E-state index in [2.05, 4.69) is 25.1 Å². The van der Waals surface area contributed by atoms with E-state index in [9.17, 15) is 0 Å².